The first-order valence-electron chi connectivity index (χ1n) is 9.56. The lowest BCUT2D eigenvalue weighted by Gasteiger charge is -2.17. The van der Waals surface area contributed by atoms with Gasteiger partial charge in [-0.15, -0.1) is 0 Å². The number of benzene rings is 3. The molecule has 4 heteroatoms. The van der Waals surface area contributed by atoms with Crippen LogP contribution in [-0.4, -0.2) is 5.91 Å². The molecule has 0 radical (unpaired) electrons. The summed E-state index contributed by atoms with van der Waals surface area (Å²) in [5, 5.41) is 13.4. The van der Waals surface area contributed by atoms with Gasteiger partial charge in [0.25, 0.3) is 0 Å². The normalized spacial score (nSPS) is 11.8. The van der Waals surface area contributed by atoms with Crippen LogP contribution in [0.25, 0.3) is 10.8 Å². The summed E-state index contributed by atoms with van der Waals surface area (Å²) in [6.45, 7) is 3.93. The summed E-state index contributed by atoms with van der Waals surface area (Å²) in [5.74, 6) is -0.935. The van der Waals surface area contributed by atoms with Crippen molar-refractivity contribution >= 4 is 22.4 Å². The van der Waals surface area contributed by atoms with E-state index in [-0.39, 0.29) is 11.7 Å². The van der Waals surface area contributed by atoms with E-state index >= 15 is 0 Å². The van der Waals surface area contributed by atoms with Gasteiger partial charge in [0.1, 0.15) is 5.82 Å². The van der Waals surface area contributed by atoms with E-state index in [1.807, 2.05) is 25.1 Å². The van der Waals surface area contributed by atoms with Gasteiger partial charge in [0.05, 0.1) is 17.6 Å². The smallest absolute Gasteiger partial charge is 0.231 e. The average Bonchev–Trinajstić information content (AvgIpc) is 2.72. The summed E-state index contributed by atoms with van der Waals surface area (Å²) in [7, 11) is 0. The molecule has 3 aromatic rings. The van der Waals surface area contributed by atoms with Crippen molar-refractivity contribution in [3.05, 3.63) is 77.1 Å². The number of hydrogen-bond acceptors (Lipinski definition) is 2. The van der Waals surface area contributed by atoms with E-state index in [9.17, 15) is 14.4 Å². The first-order valence-corrected chi connectivity index (χ1v) is 9.56. The van der Waals surface area contributed by atoms with Crippen molar-refractivity contribution in [2.45, 2.75) is 39.0 Å². The minimum atomic E-state index is -0.463. The maximum Gasteiger partial charge on any atom is 0.231 e. The summed E-state index contributed by atoms with van der Waals surface area (Å²) in [4.78, 5) is 13.0. The Morgan fingerprint density at radius 1 is 1.14 bits per heavy atom. The summed E-state index contributed by atoms with van der Waals surface area (Å²) >= 11 is 0. The second kappa shape index (κ2) is 8.67. The molecule has 3 nitrogen and oxygen atoms in total. The average molecular weight is 374 g/mol. The Morgan fingerprint density at radius 3 is 2.61 bits per heavy atom. The number of amides is 1. The molecule has 28 heavy (non-hydrogen) atoms. The maximum atomic E-state index is 14.1. The lowest BCUT2D eigenvalue weighted by atomic mass is 9.93. The zero-order valence-corrected chi connectivity index (χ0v) is 16.1. The molecule has 0 aliphatic heterocycles. The van der Waals surface area contributed by atoms with Crippen LogP contribution in [0.4, 0.5) is 10.1 Å². The zero-order chi connectivity index (χ0) is 20.1. The van der Waals surface area contributed by atoms with Crippen molar-refractivity contribution in [1.82, 2.24) is 0 Å². The monoisotopic (exact) mass is 374 g/mol. The van der Waals surface area contributed by atoms with E-state index < -0.39 is 5.92 Å². The van der Waals surface area contributed by atoms with Crippen LogP contribution in [0.1, 0.15) is 49.3 Å². The molecule has 0 fully saturated rings. The van der Waals surface area contributed by atoms with Gasteiger partial charge in [0.15, 0.2) is 0 Å². The van der Waals surface area contributed by atoms with Crippen molar-refractivity contribution in [3.63, 3.8) is 0 Å². The number of carbonyl (C=O) groups is 1. The van der Waals surface area contributed by atoms with Gasteiger partial charge >= 0.3 is 0 Å². The third-order valence-corrected chi connectivity index (χ3v) is 5.06. The number of carbonyl (C=O) groups excluding carboxylic acids is 1. The van der Waals surface area contributed by atoms with Gasteiger partial charge in [-0.1, -0.05) is 49.7 Å². The lowest BCUT2D eigenvalue weighted by molar-refractivity contribution is -0.117. The Kier molecular flexibility index (Phi) is 6.06. The molecular weight excluding hydrogens is 351 g/mol. The topological polar surface area (TPSA) is 52.9 Å². The van der Waals surface area contributed by atoms with Gasteiger partial charge in [-0.2, -0.15) is 5.26 Å². The fourth-order valence-electron chi connectivity index (χ4n) is 3.39. The van der Waals surface area contributed by atoms with Crippen LogP contribution < -0.4 is 5.32 Å². The standard InChI is InChI=1S/C24H23FN2O/c1-3-4-7-18-11-10-17(15-26)14-23(18)27-24(28)16(2)19-12-13-22(25)21-9-6-5-8-20(19)21/h5-6,8-14,16H,3-4,7H2,1-2H3,(H,27,28). The summed E-state index contributed by atoms with van der Waals surface area (Å²) < 4.78 is 14.1. The molecule has 0 heterocycles. The van der Waals surface area contributed by atoms with Crippen LogP contribution in [0.15, 0.2) is 54.6 Å². The molecule has 1 amide bonds. The molecule has 0 aliphatic carbocycles. The highest BCUT2D eigenvalue weighted by Crippen LogP contribution is 2.29. The first kappa shape index (κ1) is 19.6. The van der Waals surface area contributed by atoms with Crippen LogP contribution in [-0.2, 0) is 11.2 Å². The predicted octanol–water partition coefficient (Wildman–Crippen LogP) is 5.94. The van der Waals surface area contributed by atoms with E-state index in [0.29, 0.717) is 16.6 Å². The molecule has 3 rings (SSSR count). The van der Waals surface area contributed by atoms with Crippen molar-refractivity contribution < 1.29 is 9.18 Å². The number of unbranched alkanes of at least 4 members (excludes halogenated alkanes) is 1. The van der Waals surface area contributed by atoms with Gasteiger partial charge in [0, 0.05) is 11.1 Å². The first-order chi connectivity index (χ1) is 13.5. The summed E-state index contributed by atoms with van der Waals surface area (Å²) in [5.41, 5.74) is 2.98. The van der Waals surface area contributed by atoms with Crippen molar-refractivity contribution in [2.75, 3.05) is 5.32 Å². The van der Waals surface area contributed by atoms with Crippen molar-refractivity contribution in [3.8, 4) is 6.07 Å². The highest BCUT2D eigenvalue weighted by atomic mass is 19.1. The Morgan fingerprint density at radius 2 is 1.89 bits per heavy atom. The molecule has 3 aromatic carbocycles. The number of nitriles is 1. The van der Waals surface area contributed by atoms with Gasteiger partial charge < -0.3 is 5.32 Å². The number of hydrogen-bond donors (Lipinski definition) is 1. The molecule has 0 aliphatic rings. The summed E-state index contributed by atoms with van der Waals surface area (Å²) in [6.07, 6.45) is 2.89. The Balaban J connectivity index is 1.92. The Hall–Kier alpha value is -3.19. The maximum absolute atomic E-state index is 14.1. The van der Waals surface area contributed by atoms with E-state index in [1.165, 1.54) is 6.07 Å². The molecule has 1 unspecified atom stereocenters. The SMILES string of the molecule is CCCCc1ccc(C#N)cc1NC(=O)C(C)c1ccc(F)c2ccccc12. The largest absolute Gasteiger partial charge is 0.325 e. The minimum absolute atomic E-state index is 0.176. The molecule has 1 N–H and O–H groups in total. The molecule has 142 valence electrons. The van der Waals surface area contributed by atoms with Crippen LogP contribution in [0.2, 0.25) is 0 Å². The number of nitrogens with zero attached hydrogens (tertiary/aromatic N) is 1. The van der Waals surface area contributed by atoms with Gasteiger partial charge in [-0.25, -0.2) is 4.39 Å². The van der Waals surface area contributed by atoms with Crippen molar-refractivity contribution in [2.24, 2.45) is 0 Å². The van der Waals surface area contributed by atoms with Crippen molar-refractivity contribution in [1.29, 1.82) is 5.26 Å². The lowest BCUT2D eigenvalue weighted by Crippen LogP contribution is -2.20. The summed E-state index contributed by atoms with van der Waals surface area (Å²) in [6, 6.07) is 17.8. The molecule has 0 saturated heterocycles. The van der Waals surface area contributed by atoms with Crippen LogP contribution in [0.3, 0.4) is 0 Å². The van der Waals surface area contributed by atoms with Gasteiger partial charge in [-0.3, -0.25) is 4.79 Å². The Labute approximate surface area is 164 Å². The van der Waals surface area contributed by atoms with Gasteiger partial charge in [-0.05, 0) is 54.5 Å². The second-order valence-corrected chi connectivity index (χ2v) is 6.98. The molecule has 1 atom stereocenters. The number of anilines is 1. The van der Waals surface area contributed by atoms with Crippen LogP contribution in [0, 0.1) is 17.1 Å². The highest BCUT2D eigenvalue weighted by Gasteiger charge is 2.20. The van der Waals surface area contributed by atoms with E-state index in [0.717, 1.165) is 35.8 Å². The fourth-order valence-corrected chi connectivity index (χ4v) is 3.39. The van der Waals surface area contributed by atoms with E-state index in [1.54, 1.807) is 30.3 Å². The second-order valence-electron chi connectivity index (χ2n) is 6.98. The molecule has 0 aromatic heterocycles. The Bertz CT molecular complexity index is 1050. The third-order valence-electron chi connectivity index (χ3n) is 5.06. The molecular formula is C24H23FN2O. The number of halogens is 1. The predicted molar refractivity (Wildman–Crippen MR) is 111 cm³/mol. The third kappa shape index (κ3) is 4.04. The number of aryl methyl sites for hydroxylation is 1. The quantitative estimate of drug-likeness (QED) is 0.581. The fraction of sp³-hybridized carbons (Fsp3) is 0.250. The van der Waals surface area contributed by atoms with Crippen LogP contribution in [0.5, 0.6) is 0 Å². The van der Waals surface area contributed by atoms with Crippen LogP contribution >= 0.6 is 0 Å². The number of rotatable bonds is 6. The number of nitrogens with one attached hydrogen (secondary N) is 1. The van der Waals surface area contributed by atoms with Gasteiger partial charge in [0.2, 0.25) is 5.91 Å². The number of fused-ring (bicyclic) bond motifs is 1. The molecule has 0 spiro atoms. The molecule has 0 bridgehead atoms. The zero-order valence-electron chi connectivity index (χ0n) is 16.1. The van der Waals surface area contributed by atoms with E-state index in [4.69, 9.17) is 0 Å². The highest BCUT2D eigenvalue weighted by molar-refractivity contribution is 5.99. The molecule has 0 saturated carbocycles. The minimum Gasteiger partial charge on any atom is -0.325 e. The van der Waals surface area contributed by atoms with E-state index in [2.05, 4.69) is 18.3 Å².